The molecule has 6 rings (SSSR count). The van der Waals surface area contributed by atoms with Crippen LogP contribution in [-0.4, -0.2) is 70.3 Å². The Labute approximate surface area is 228 Å². The van der Waals surface area contributed by atoms with Gasteiger partial charge in [0, 0.05) is 51.3 Å². The number of likely N-dealkylation sites (tertiary alicyclic amines) is 1. The zero-order chi connectivity index (χ0) is 27.1. The number of piperidine rings is 1. The van der Waals surface area contributed by atoms with E-state index in [9.17, 15) is 4.79 Å². The number of aromatic nitrogens is 3. The summed E-state index contributed by atoms with van der Waals surface area (Å²) in [6, 6.07) is 8.57. The zero-order valence-electron chi connectivity index (χ0n) is 21.8. The van der Waals surface area contributed by atoms with Crippen LogP contribution in [0, 0.1) is 12.7 Å². The average Bonchev–Trinajstić information content (AvgIpc) is 3.67. The standard InChI is InChI=1S/C28H27FN6O3S/c1-16-23(21-15-19(9-14-35(21)33-16)38-18-7-12-34(13-8-18)17(2)36)28-32-25(26(39-28)27-30-10-11-31-27)24-20(29)5-4-6-22(24)37-3/h4-6,9-10,14-15,18H,7-8,11-13H2,1-3H3. The number of hydrogen-bond acceptors (Lipinski definition) is 8. The molecule has 0 radical (unpaired) electrons. The molecular formula is C28H27FN6O3S. The summed E-state index contributed by atoms with van der Waals surface area (Å²) in [6.45, 7) is 5.38. The summed E-state index contributed by atoms with van der Waals surface area (Å²) in [5.74, 6) is 1.30. The van der Waals surface area contributed by atoms with Crippen molar-refractivity contribution in [2.24, 2.45) is 9.98 Å². The Hall–Kier alpha value is -4.12. The highest BCUT2D eigenvalue weighted by atomic mass is 32.1. The number of benzene rings is 1. The van der Waals surface area contributed by atoms with Crippen molar-refractivity contribution in [3.05, 3.63) is 52.9 Å². The molecule has 1 fully saturated rings. The first kappa shape index (κ1) is 25.2. The van der Waals surface area contributed by atoms with Crippen molar-refractivity contribution in [2.45, 2.75) is 32.8 Å². The van der Waals surface area contributed by atoms with Crippen LogP contribution in [-0.2, 0) is 4.79 Å². The lowest BCUT2D eigenvalue weighted by molar-refractivity contribution is -0.130. The molecule has 0 spiro atoms. The van der Waals surface area contributed by atoms with Gasteiger partial charge in [-0.1, -0.05) is 6.07 Å². The Bertz CT molecular complexity index is 1630. The van der Waals surface area contributed by atoms with Crippen molar-refractivity contribution < 1.29 is 18.7 Å². The number of halogens is 1. The third-order valence-electron chi connectivity index (χ3n) is 6.98. The lowest BCUT2D eigenvalue weighted by atomic mass is 10.1. The molecule has 39 heavy (non-hydrogen) atoms. The van der Waals surface area contributed by atoms with Gasteiger partial charge in [-0.25, -0.2) is 18.9 Å². The van der Waals surface area contributed by atoms with Gasteiger partial charge >= 0.3 is 0 Å². The second-order valence-corrected chi connectivity index (χ2v) is 10.5. The topological polar surface area (TPSA) is 93.7 Å². The molecule has 0 atom stereocenters. The summed E-state index contributed by atoms with van der Waals surface area (Å²) in [4.78, 5) is 28.0. The summed E-state index contributed by atoms with van der Waals surface area (Å²) in [5, 5.41) is 5.37. The fourth-order valence-corrected chi connectivity index (χ4v) is 6.18. The van der Waals surface area contributed by atoms with Gasteiger partial charge < -0.3 is 14.4 Å². The Balaban J connectivity index is 1.41. The first-order valence-corrected chi connectivity index (χ1v) is 13.6. The van der Waals surface area contributed by atoms with Crippen molar-refractivity contribution in [2.75, 3.05) is 26.7 Å². The Morgan fingerprint density at radius 3 is 2.72 bits per heavy atom. The Morgan fingerprint density at radius 1 is 1.18 bits per heavy atom. The molecule has 3 aromatic heterocycles. The lowest BCUT2D eigenvalue weighted by Gasteiger charge is -2.31. The van der Waals surface area contributed by atoms with Crippen molar-refractivity contribution in [3.63, 3.8) is 0 Å². The predicted molar refractivity (Wildman–Crippen MR) is 149 cm³/mol. The smallest absolute Gasteiger partial charge is 0.219 e. The lowest BCUT2D eigenvalue weighted by Crippen LogP contribution is -2.40. The first-order valence-electron chi connectivity index (χ1n) is 12.8. The third kappa shape index (κ3) is 4.67. The van der Waals surface area contributed by atoms with Gasteiger partial charge in [-0.3, -0.25) is 9.79 Å². The van der Waals surface area contributed by atoms with E-state index in [2.05, 4.69) is 9.98 Å². The maximum absolute atomic E-state index is 15.2. The number of ether oxygens (including phenoxy) is 2. The highest BCUT2D eigenvalue weighted by molar-refractivity contribution is 7.17. The fourth-order valence-electron chi connectivity index (χ4n) is 5.04. The second kappa shape index (κ2) is 10.2. The molecule has 5 heterocycles. The number of amidine groups is 1. The SMILES string of the molecule is COc1cccc(F)c1-c1nc(-c2c(C)nn3ccc(OC4CCN(C(C)=O)CC4)cc23)sc1C1=NCC=N1. The van der Waals surface area contributed by atoms with Crippen LogP contribution in [0.4, 0.5) is 4.39 Å². The van der Waals surface area contributed by atoms with Gasteiger partial charge in [0.2, 0.25) is 5.91 Å². The zero-order valence-corrected chi connectivity index (χ0v) is 22.7. The maximum Gasteiger partial charge on any atom is 0.219 e. The summed E-state index contributed by atoms with van der Waals surface area (Å²) < 4.78 is 28.8. The first-order chi connectivity index (χ1) is 18.9. The molecule has 2 aliphatic heterocycles. The van der Waals surface area contributed by atoms with Gasteiger partial charge in [-0.05, 0) is 25.1 Å². The molecule has 1 aromatic carbocycles. The number of fused-ring (bicyclic) bond motifs is 1. The van der Waals surface area contributed by atoms with E-state index in [0.717, 1.165) is 35.4 Å². The number of thiazole rings is 1. The van der Waals surface area contributed by atoms with E-state index < -0.39 is 5.82 Å². The number of amides is 1. The summed E-state index contributed by atoms with van der Waals surface area (Å²) >= 11 is 1.40. The maximum atomic E-state index is 15.2. The molecule has 9 nitrogen and oxygen atoms in total. The molecule has 1 amide bonds. The minimum atomic E-state index is -0.432. The number of methoxy groups -OCH3 is 1. The van der Waals surface area contributed by atoms with Crippen LogP contribution in [0.15, 0.2) is 46.5 Å². The van der Waals surface area contributed by atoms with E-state index in [0.29, 0.717) is 46.8 Å². The average molecular weight is 547 g/mol. The van der Waals surface area contributed by atoms with Crippen LogP contribution < -0.4 is 9.47 Å². The highest BCUT2D eigenvalue weighted by Gasteiger charge is 2.27. The summed E-state index contributed by atoms with van der Waals surface area (Å²) in [7, 11) is 1.51. The van der Waals surface area contributed by atoms with E-state index in [4.69, 9.17) is 19.6 Å². The number of aryl methyl sites for hydroxylation is 1. The van der Waals surface area contributed by atoms with Gasteiger partial charge in [-0.2, -0.15) is 5.10 Å². The monoisotopic (exact) mass is 546 g/mol. The predicted octanol–water partition coefficient (Wildman–Crippen LogP) is 4.80. The van der Waals surface area contributed by atoms with Gasteiger partial charge in [0.25, 0.3) is 0 Å². The largest absolute Gasteiger partial charge is 0.496 e. The second-order valence-electron chi connectivity index (χ2n) is 9.47. The molecule has 1 saturated heterocycles. The summed E-state index contributed by atoms with van der Waals surface area (Å²) in [5.41, 5.74) is 3.16. The number of nitrogens with zero attached hydrogens (tertiary/aromatic N) is 6. The Kier molecular flexibility index (Phi) is 6.59. The molecule has 200 valence electrons. The van der Waals surface area contributed by atoms with Gasteiger partial charge in [0.05, 0.1) is 41.7 Å². The molecule has 0 aliphatic carbocycles. The van der Waals surface area contributed by atoms with Gasteiger partial charge in [-0.15, -0.1) is 11.3 Å². The molecule has 2 aliphatic rings. The van der Waals surface area contributed by atoms with E-state index >= 15 is 4.39 Å². The fraction of sp³-hybridized carbons (Fsp3) is 0.321. The van der Waals surface area contributed by atoms with Gasteiger partial charge in [0.1, 0.15) is 33.3 Å². The van der Waals surface area contributed by atoms with Crippen LogP contribution in [0.25, 0.3) is 27.3 Å². The number of carbonyl (C=O) groups is 1. The van der Waals surface area contributed by atoms with Crippen LogP contribution in [0.2, 0.25) is 0 Å². The minimum Gasteiger partial charge on any atom is -0.496 e. The van der Waals surface area contributed by atoms with Crippen molar-refractivity contribution in [3.8, 4) is 33.3 Å². The van der Waals surface area contributed by atoms with E-state index in [-0.39, 0.29) is 17.6 Å². The van der Waals surface area contributed by atoms with Gasteiger partial charge in [0.15, 0.2) is 5.84 Å². The van der Waals surface area contributed by atoms with Crippen molar-refractivity contribution in [1.29, 1.82) is 0 Å². The number of aliphatic imine (C=N–C) groups is 2. The van der Waals surface area contributed by atoms with E-state index in [1.807, 2.05) is 30.2 Å². The Morgan fingerprint density at radius 2 is 2.00 bits per heavy atom. The molecule has 11 heteroatoms. The van der Waals surface area contributed by atoms with Crippen LogP contribution in [0.5, 0.6) is 11.5 Å². The van der Waals surface area contributed by atoms with E-state index in [1.54, 1.807) is 29.8 Å². The molecule has 0 unspecified atom stereocenters. The molecule has 0 bridgehead atoms. The number of pyridine rings is 1. The number of carbonyl (C=O) groups excluding carboxylic acids is 1. The van der Waals surface area contributed by atoms with Crippen molar-refractivity contribution >= 4 is 34.8 Å². The van der Waals surface area contributed by atoms with Crippen LogP contribution in [0.1, 0.15) is 30.3 Å². The quantitative estimate of drug-likeness (QED) is 0.346. The molecule has 4 aromatic rings. The highest BCUT2D eigenvalue weighted by Crippen LogP contribution is 2.42. The van der Waals surface area contributed by atoms with Crippen LogP contribution in [0.3, 0.4) is 0 Å². The van der Waals surface area contributed by atoms with Crippen molar-refractivity contribution in [1.82, 2.24) is 19.5 Å². The summed E-state index contributed by atoms with van der Waals surface area (Å²) in [6.07, 6.45) is 5.18. The molecule has 0 saturated carbocycles. The van der Waals surface area contributed by atoms with Crippen LogP contribution >= 0.6 is 11.3 Å². The minimum absolute atomic E-state index is 0.0281. The number of hydrogen-bond donors (Lipinski definition) is 0. The normalized spacial score (nSPS) is 15.7. The molecule has 0 N–H and O–H groups in total. The number of rotatable bonds is 6. The third-order valence-corrected chi connectivity index (χ3v) is 8.05. The molecular weight excluding hydrogens is 519 g/mol. The van der Waals surface area contributed by atoms with E-state index in [1.165, 1.54) is 24.5 Å².